The lowest BCUT2D eigenvalue weighted by Crippen LogP contribution is -2.42. The minimum atomic E-state index is 0.0723. The standard InChI is InChI=1S/3C25H31N3O.C23H27N3O/c1-19-6-8-21(9-7-19)23-11-10-22-12-15-28(24(22)17-23)18-25(29)26-13-16-27-14-4-3-5-20(27)2;1-19-7-9-20(10-8-19)22-12-11-21-13-15-28(24(21)17-22)18-25(29)26-14-16-27(2)23-5-3-4-6-23;1-20-6-8-21(9-7-20)23-11-10-22-12-16-28(24(22)18-23)19-25(29)26-13-17-27-14-4-2-3-5-15-27;1-18-4-6-19(7-5-18)21-9-8-20-10-14-26(22(20)16-21)17-23(27)24-11-15-25-12-2-3-13-25/h6-12,15,17,20H,3-5,13-14,16,18H2,1-2H3,(H,26,29);7-13,15,17,23H,3-6,14,16,18H2,1-2H3,(H,26,29);6-12,16,18H,2-5,13-15,17,19H2,1H3,(H,26,29);4-10,14,16H,2-3,11-13,15,17H2,1H3,(H,24,27). The molecular formula is C98H120N12O4. The maximum atomic E-state index is 12.5. The average molecular weight is 1530 g/mol. The zero-order valence-electron chi connectivity index (χ0n) is 68.4. The van der Waals surface area contributed by atoms with Crippen LogP contribution in [0.4, 0.5) is 0 Å². The first kappa shape index (κ1) is 81.6. The predicted octanol–water partition coefficient (Wildman–Crippen LogP) is 17.7. The summed E-state index contributed by atoms with van der Waals surface area (Å²) in [7, 11) is 2.17. The highest BCUT2D eigenvalue weighted by atomic mass is 16.2. The van der Waals surface area contributed by atoms with Gasteiger partial charge in [0.25, 0.3) is 0 Å². The van der Waals surface area contributed by atoms with Gasteiger partial charge in [-0.2, -0.15) is 0 Å². The molecule has 1 atom stereocenters. The maximum absolute atomic E-state index is 12.5. The monoisotopic (exact) mass is 1530 g/mol. The van der Waals surface area contributed by atoms with Crippen LogP contribution in [0.15, 0.2) is 219 Å². The van der Waals surface area contributed by atoms with Gasteiger partial charge in [-0.05, 0) is 240 Å². The molecule has 16 nitrogen and oxygen atoms in total. The Morgan fingerprint density at radius 1 is 0.325 bits per heavy atom. The molecule has 3 aliphatic heterocycles. The van der Waals surface area contributed by atoms with E-state index < -0.39 is 0 Å². The van der Waals surface area contributed by atoms with E-state index in [1.54, 1.807) is 0 Å². The average Bonchev–Trinajstić information content (AvgIpc) is 1.65. The van der Waals surface area contributed by atoms with Crippen LogP contribution in [0.25, 0.3) is 88.1 Å². The van der Waals surface area contributed by atoms with Crippen molar-refractivity contribution in [3.8, 4) is 44.5 Å². The number of carbonyl (C=O) groups excluding carboxylic acids is 4. The van der Waals surface area contributed by atoms with E-state index in [1.165, 1.54) is 182 Å². The van der Waals surface area contributed by atoms with Crippen molar-refractivity contribution in [2.24, 2.45) is 0 Å². The normalized spacial score (nSPS) is 15.6. The van der Waals surface area contributed by atoms with E-state index >= 15 is 0 Å². The van der Waals surface area contributed by atoms with E-state index in [4.69, 9.17) is 0 Å². The number of aromatic nitrogens is 4. The summed E-state index contributed by atoms with van der Waals surface area (Å²) in [5, 5.41) is 17.0. The number of likely N-dealkylation sites (tertiary alicyclic amines) is 3. The summed E-state index contributed by atoms with van der Waals surface area (Å²) in [5.74, 6) is 0.307. The molecule has 4 fully saturated rings. The second kappa shape index (κ2) is 40.6. The second-order valence-corrected chi connectivity index (χ2v) is 32.3. The molecule has 16 heteroatoms. The van der Waals surface area contributed by atoms with Crippen molar-refractivity contribution in [2.45, 2.75) is 156 Å². The minimum absolute atomic E-state index is 0.0723. The molecule has 4 amide bonds. The van der Waals surface area contributed by atoms with Gasteiger partial charge in [-0.3, -0.25) is 24.1 Å². The molecule has 8 aromatic carbocycles. The lowest BCUT2D eigenvalue weighted by molar-refractivity contribution is -0.122. The molecule has 0 radical (unpaired) electrons. The summed E-state index contributed by atoms with van der Waals surface area (Å²) in [6, 6.07) is 69.8. The summed E-state index contributed by atoms with van der Waals surface area (Å²) in [5.41, 5.74) is 18.9. The van der Waals surface area contributed by atoms with Crippen LogP contribution >= 0.6 is 0 Å². The Bertz CT molecular complexity index is 4950. The Hall–Kier alpha value is -10.4. The summed E-state index contributed by atoms with van der Waals surface area (Å²) in [6.07, 6.45) is 25.0. The van der Waals surface area contributed by atoms with E-state index in [2.05, 4.69) is 277 Å². The summed E-state index contributed by atoms with van der Waals surface area (Å²) >= 11 is 0. The number of hydrogen-bond acceptors (Lipinski definition) is 8. The molecule has 596 valence electrons. The molecular weight excluding hydrogens is 1410 g/mol. The Kier molecular flexibility index (Phi) is 29.1. The fraction of sp³-hybridized carbons (Fsp3) is 0.388. The molecule has 1 aliphatic carbocycles. The number of carbonyl (C=O) groups is 4. The fourth-order valence-corrected chi connectivity index (χ4v) is 16.6. The molecule has 4 aromatic heterocycles. The molecule has 16 rings (SSSR count). The highest BCUT2D eigenvalue weighted by Crippen LogP contribution is 2.31. The highest BCUT2D eigenvalue weighted by Gasteiger charge is 2.22. The summed E-state index contributed by atoms with van der Waals surface area (Å²) < 4.78 is 8.18. The van der Waals surface area contributed by atoms with Gasteiger partial charge < -0.3 is 54.2 Å². The first-order valence-electron chi connectivity index (χ1n) is 42.2. The predicted molar refractivity (Wildman–Crippen MR) is 471 cm³/mol. The number of likely N-dealkylation sites (N-methyl/N-ethyl adjacent to an activating group) is 1. The van der Waals surface area contributed by atoms with Crippen molar-refractivity contribution in [3.63, 3.8) is 0 Å². The number of piperidine rings is 1. The summed E-state index contributed by atoms with van der Waals surface area (Å²) in [6.45, 7) is 24.6. The topological polar surface area (TPSA) is 149 Å². The van der Waals surface area contributed by atoms with Crippen molar-refractivity contribution in [3.05, 3.63) is 241 Å². The molecule has 0 bridgehead atoms. The number of aryl methyl sites for hydroxylation is 4. The Morgan fingerprint density at radius 3 is 0.930 bits per heavy atom. The lowest BCUT2D eigenvalue weighted by atomic mass is 10.0. The molecule has 0 spiro atoms. The zero-order valence-corrected chi connectivity index (χ0v) is 68.4. The van der Waals surface area contributed by atoms with Crippen molar-refractivity contribution >= 4 is 67.2 Å². The van der Waals surface area contributed by atoms with Crippen LogP contribution in [0.3, 0.4) is 0 Å². The third-order valence-corrected chi connectivity index (χ3v) is 23.7. The first-order valence-corrected chi connectivity index (χ1v) is 42.2. The van der Waals surface area contributed by atoms with E-state index in [0.29, 0.717) is 44.8 Å². The van der Waals surface area contributed by atoms with Crippen LogP contribution in [0, 0.1) is 27.7 Å². The van der Waals surface area contributed by atoms with E-state index in [0.717, 1.165) is 90.6 Å². The number of nitrogens with zero attached hydrogens (tertiary/aromatic N) is 8. The van der Waals surface area contributed by atoms with Crippen LogP contribution in [0.2, 0.25) is 0 Å². The van der Waals surface area contributed by atoms with Gasteiger partial charge in [-0.25, -0.2) is 0 Å². The number of hydrogen-bond donors (Lipinski definition) is 4. The minimum Gasteiger partial charge on any atom is -0.353 e. The largest absolute Gasteiger partial charge is 0.353 e. The van der Waals surface area contributed by atoms with Crippen molar-refractivity contribution < 1.29 is 19.2 Å². The molecule has 7 heterocycles. The number of fused-ring (bicyclic) bond motifs is 4. The van der Waals surface area contributed by atoms with E-state index in [1.807, 2.05) is 43.1 Å². The van der Waals surface area contributed by atoms with Gasteiger partial charge in [-0.1, -0.05) is 200 Å². The van der Waals surface area contributed by atoms with Crippen LogP contribution < -0.4 is 21.3 Å². The molecule has 114 heavy (non-hydrogen) atoms. The van der Waals surface area contributed by atoms with Crippen molar-refractivity contribution in [2.75, 3.05) is 92.1 Å². The highest BCUT2D eigenvalue weighted by molar-refractivity contribution is 5.91. The van der Waals surface area contributed by atoms with Crippen LogP contribution in [-0.2, 0) is 45.4 Å². The molecule has 4 N–H and O–H groups in total. The Labute approximate surface area is 675 Å². The molecule has 1 unspecified atom stereocenters. The molecule has 1 saturated carbocycles. The van der Waals surface area contributed by atoms with Gasteiger partial charge in [0.1, 0.15) is 26.2 Å². The van der Waals surface area contributed by atoms with Crippen molar-refractivity contribution in [1.82, 2.24) is 59.1 Å². The van der Waals surface area contributed by atoms with E-state index in [-0.39, 0.29) is 23.6 Å². The maximum Gasteiger partial charge on any atom is 0.239 e. The van der Waals surface area contributed by atoms with Gasteiger partial charge in [0, 0.05) is 111 Å². The fourth-order valence-electron chi connectivity index (χ4n) is 16.6. The Morgan fingerprint density at radius 2 is 0.605 bits per heavy atom. The van der Waals surface area contributed by atoms with Gasteiger partial charge in [0.15, 0.2) is 0 Å². The van der Waals surface area contributed by atoms with Gasteiger partial charge in [0.2, 0.25) is 23.6 Å². The number of amides is 4. The number of nitrogens with one attached hydrogen (secondary N) is 4. The smallest absolute Gasteiger partial charge is 0.239 e. The van der Waals surface area contributed by atoms with Crippen LogP contribution in [0.5, 0.6) is 0 Å². The van der Waals surface area contributed by atoms with Gasteiger partial charge >= 0.3 is 0 Å². The third kappa shape index (κ3) is 23.0. The summed E-state index contributed by atoms with van der Waals surface area (Å²) in [4.78, 5) is 59.7. The second-order valence-electron chi connectivity index (χ2n) is 32.3. The van der Waals surface area contributed by atoms with Crippen molar-refractivity contribution in [1.29, 1.82) is 0 Å². The van der Waals surface area contributed by atoms with E-state index in [9.17, 15) is 19.2 Å². The number of benzene rings is 8. The molecule has 4 aliphatic rings. The quantitative estimate of drug-likeness (QED) is 0.0442. The SMILES string of the molecule is Cc1ccc(-c2ccc3ccn(CC(=O)NCCN(C)C4CCCC4)c3c2)cc1.Cc1ccc(-c2ccc3ccn(CC(=O)NCCN4CCCC4)c3c2)cc1.Cc1ccc(-c2ccc3ccn(CC(=O)NCCN4CCCCC4C)c3c2)cc1.Cc1ccc(-c2ccc3ccn(CC(=O)NCCN4CCCCCC4)c3c2)cc1. The van der Waals surface area contributed by atoms with Crippen LogP contribution in [-0.4, -0.2) is 166 Å². The zero-order chi connectivity index (χ0) is 79.1. The van der Waals surface area contributed by atoms with Gasteiger partial charge in [-0.15, -0.1) is 0 Å². The third-order valence-electron chi connectivity index (χ3n) is 23.7. The molecule has 3 saturated heterocycles. The molecule has 12 aromatic rings. The lowest BCUT2D eigenvalue weighted by Gasteiger charge is -2.33. The van der Waals surface area contributed by atoms with Crippen LogP contribution in [0.1, 0.15) is 113 Å². The number of rotatable bonds is 25. The first-order chi connectivity index (χ1) is 55.6. The Balaban J connectivity index is 0.000000133. The van der Waals surface area contributed by atoms with Gasteiger partial charge in [0.05, 0.1) is 0 Å².